The van der Waals surface area contributed by atoms with Crippen molar-refractivity contribution in [1.29, 1.82) is 0 Å². The van der Waals surface area contributed by atoms with Crippen molar-refractivity contribution in [1.82, 2.24) is 19.9 Å². The molecule has 2 N–H and O–H groups in total. The minimum atomic E-state index is -0.253. The van der Waals surface area contributed by atoms with Gasteiger partial charge in [-0.15, -0.1) is 0 Å². The summed E-state index contributed by atoms with van der Waals surface area (Å²) in [6.45, 7) is 0. The zero-order chi connectivity index (χ0) is 20.8. The van der Waals surface area contributed by atoms with Gasteiger partial charge in [-0.3, -0.25) is 0 Å². The summed E-state index contributed by atoms with van der Waals surface area (Å²) in [5.41, 5.74) is 9.19. The largest absolute Gasteiger partial charge is 2.00 e. The van der Waals surface area contributed by atoms with Crippen LogP contribution in [0.15, 0.2) is 66.7 Å². The van der Waals surface area contributed by atoms with Crippen LogP contribution >= 0.6 is 0 Å². The SMILES string of the molecule is Fc1ccc(-c2cc3cc4nc(cc5ccc(cc6nc(cc2[nH]3)C=C6)[nH]5)C=C4)cc1.[Cl-].[Cl-].[Mn+2]. The fraction of sp³-hybridized carbons (Fsp3) is 0. The molecule has 8 heteroatoms. The fourth-order valence-electron chi connectivity index (χ4n) is 3.89. The van der Waals surface area contributed by atoms with Crippen molar-refractivity contribution in [2.24, 2.45) is 0 Å². The summed E-state index contributed by atoms with van der Waals surface area (Å²) in [6, 6.07) is 20.7. The minimum absolute atomic E-state index is 0. The third-order valence-electron chi connectivity index (χ3n) is 5.32. The molecule has 0 amide bonds. The second kappa shape index (κ2) is 10.4. The Labute approximate surface area is 218 Å². The average molecular weight is 530 g/mol. The number of benzene rings is 1. The molecule has 4 nitrogen and oxygen atoms in total. The van der Waals surface area contributed by atoms with Crippen LogP contribution in [0, 0.1) is 5.82 Å². The van der Waals surface area contributed by atoms with E-state index < -0.39 is 0 Å². The second-order valence-corrected chi connectivity index (χ2v) is 7.60. The van der Waals surface area contributed by atoms with Crippen LogP contribution in [0.25, 0.3) is 57.5 Å². The number of hydrogen-bond donors (Lipinski definition) is 2. The van der Waals surface area contributed by atoms with Crippen molar-refractivity contribution in [3.63, 3.8) is 0 Å². The third kappa shape index (κ3) is 5.16. The third-order valence-corrected chi connectivity index (χ3v) is 5.32. The molecule has 6 rings (SSSR count). The van der Waals surface area contributed by atoms with Crippen LogP contribution in [0.1, 0.15) is 22.8 Å². The second-order valence-electron chi connectivity index (χ2n) is 7.60. The van der Waals surface area contributed by atoms with Crippen molar-refractivity contribution in [3.05, 3.63) is 95.3 Å². The topological polar surface area (TPSA) is 57.4 Å². The maximum Gasteiger partial charge on any atom is 2.00 e. The Hall–Kier alpha value is -3.15. The first kappa shape index (κ1) is 25.5. The molecule has 5 heterocycles. The predicted molar refractivity (Wildman–Crippen MR) is 124 cm³/mol. The number of halogens is 3. The first-order valence-corrected chi connectivity index (χ1v) is 10.0. The van der Waals surface area contributed by atoms with E-state index in [4.69, 9.17) is 9.97 Å². The molecule has 3 aromatic heterocycles. The number of fused-ring (bicyclic) bond motifs is 8. The Kier molecular flexibility index (Phi) is 7.80. The summed E-state index contributed by atoms with van der Waals surface area (Å²) in [5, 5.41) is 0. The number of hydrogen-bond acceptors (Lipinski definition) is 2. The Morgan fingerprint density at radius 1 is 0.559 bits per heavy atom. The number of aromatic amines is 2. The summed E-state index contributed by atoms with van der Waals surface area (Å²) < 4.78 is 13.5. The maximum atomic E-state index is 13.5. The summed E-state index contributed by atoms with van der Waals surface area (Å²) in [7, 11) is 0. The van der Waals surface area contributed by atoms with E-state index in [-0.39, 0.29) is 47.7 Å². The number of rotatable bonds is 1. The van der Waals surface area contributed by atoms with Crippen LogP contribution in [0.5, 0.6) is 0 Å². The van der Waals surface area contributed by atoms with E-state index in [1.165, 1.54) is 12.1 Å². The predicted octanol–water partition coefficient (Wildman–Crippen LogP) is 0.467. The van der Waals surface area contributed by atoms with Gasteiger partial charge in [-0.05, 0) is 84.5 Å². The van der Waals surface area contributed by atoms with Crippen molar-refractivity contribution >= 4 is 46.4 Å². The Balaban J connectivity index is 0.00000108. The molecular formula is C26H17Cl2FMnN4. The minimum Gasteiger partial charge on any atom is -1.00 e. The Morgan fingerprint density at radius 3 is 1.62 bits per heavy atom. The maximum absolute atomic E-state index is 13.5. The molecule has 4 aromatic rings. The van der Waals surface area contributed by atoms with Crippen LogP contribution < -0.4 is 24.8 Å². The molecule has 0 saturated carbocycles. The molecule has 0 atom stereocenters. The molecule has 8 bridgehead atoms. The fourth-order valence-corrected chi connectivity index (χ4v) is 3.89. The van der Waals surface area contributed by atoms with Crippen LogP contribution in [0.2, 0.25) is 0 Å². The molecule has 0 fully saturated rings. The van der Waals surface area contributed by atoms with Crippen LogP contribution in [0.4, 0.5) is 4.39 Å². The van der Waals surface area contributed by atoms with Crippen molar-refractivity contribution in [3.8, 4) is 11.1 Å². The van der Waals surface area contributed by atoms with Gasteiger partial charge in [0.25, 0.3) is 0 Å². The van der Waals surface area contributed by atoms with E-state index >= 15 is 0 Å². The molecule has 0 saturated heterocycles. The molecule has 0 unspecified atom stereocenters. The summed E-state index contributed by atoms with van der Waals surface area (Å²) in [6.07, 6.45) is 7.97. The summed E-state index contributed by atoms with van der Waals surface area (Å²) >= 11 is 0. The quantitative estimate of drug-likeness (QED) is 0.304. The molecular weight excluding hydrogens is 513 g/mol. The number of nitrogens with zero attached hydrogens (tertiary/aromatic N) is 2. The van der Waals surface area contributed by atoms with Gasteiger partial charge in [-0.25, -0.2) is 14.4 Å². The van der Waals surface area contributed by atoms with Gasteiger partial charge in [0.2, 0.25) is 0 Å². The van der Waals surface area contributed by atoms with E-state index in [0.29, 0.717) is 0 Å². The van der Waals surface area contributed by atoms with Gasteiger partial charge in [-0.1, -0.05) is 12.1 Å². The van der Waals surface area contributed by atoms with E-state index in [1.54, 1.807) is 12.1 Å². The van der Waals surface area contributed by atoms with Gasteiger partial charge < -0.3 is 34.8 Å². The molecule has 169 valence electrons. The first-order valence-electron chi connectivity index (χ1n) is 10.0. The van der Waals surface area contributed by atoms with Crippen LogP contribution in [-0.4, -0.2) is 19.9 Å². The van der Waals surface area contributed by atoms with E-state index in [2.05, 4.69) is 16.0 Å². The molecule has 34 heavy (non-hydrogen) atoms. The van der Waals surface area contributed by atoms with Crippen LogP contribution in [-0.2, 0) is 17.1 Å². The van der Waals surface area contributed by atoms with E-state index in [1.807, 2.05) is 60.7 Å². The van der Waals surface area contributed by atoms with Gasteiger partial charge in [0.15, 0.2) is 0 Å². The smallest absolute Gasteiger partial charge is 1.00 e. The number of aromatic nitrogens is 4. The van der Waals surface area contributed by atoms with E-state index in [0.717, 1.165) is 56.0 Å². The standard InChI is InChI=1S/C26H17FN4.2ClH.Mn/c27-17-3-1-16(2-4-17)25-14-24-13-22-8-7-20(29-22)11-18-5-6-19(28-18)12-21-9-10-23(30-21)15-26(25)31-24;;;/h1-15,28,31H;2*1H;/q;;;+2/p-2. The molecule has 2 aliphatic rings. The van der Waals surface area contributed by atoms with Gasteiger partial charge in [0.05, 0.1) is 22.8 Å². The summed E-state index contributed by atoms with van der Waals surface area (Å²) in [5.74, 6) is -0.253. The van der Waals surface area contributed by atoms with Gasteiger partial charge in [0.1, 0.15) is 5.82 Å². The van der Waals surface area contributed by atoms with Crippen molar-refractivity contribution < 1.29 is 46.3 Å². The monoisotopic (exact) mass is 529 g/mol. The zero-order valence-electron chi connectivity index (χ0n) is 17.6. The normalized spacial score (nSPS) is 11.3. The zero-order valence-corrected chi connectivity index (χ0v) is 20.3. The molecule has 0 aliphatic carbocycles. The van der Waals surface area contributed by atoms with Crippen molar-refractivity contribution in [2.75, 3.05) is 0 Å². The molecule has 1 aromatic carbocycles. The Morgan fingerprint density at radius 2 is 1.06 bits per heavy atom. The number of nitrogens with one attached hydrogen (secondary N) is 2. The molecule has 0 spiro atoms. The molecule has 1 radical (unpaired) electrons. The average Bonchev–Trinajstić information content (AvgIpc) is 3.54. The van der Waals surface area contributed by atoms with Gasteiger partial charge in [0, 0.05) is 27.6 Å². The van der Waals surface area contributed by atoms with Gasteiger partial charge in [-0.2, -0.15) is 0 Å². The van der Waals surface area contributed by atoms with Crippen molar-refractivity contribution in [2.45, 2.75) is 0 Å². The first-order chi connectivity index (χ1) is 15.2. The molecule has 2 aliphatic heterocycles. The summed E-state index contributed by atoms with van der Waals surface area (Å²) in [4.78, 5) is 16.3. The van der Waals surface area contributed by atoms with Gasteiger partial charge >= 0.3 is 17.1 Å². The number of H-pyrrole nitrogens is 2. The van der Waals surface area contributed by atoms with E-state index in [9.17, 15) is 4.39 Å². The Bertz CT molecular complexity index is 1550. The van der Waals surface area contributed by atoms with Crippen LogP contribution in [0.3, 0.4) is 0 Å².